The Bertz CT molecular complexity index is 499. The van der Waals surface area contributed by atoms with E-state index in [0.717, 1.165) is 25.2 Å². The zero-order chi connectivity index (χ0) is 12.9. The van der Waals surface area contributed by atoms with Crippen LogP contribution in [-0.2, 0) is 4.74 Å². The summed E-state index contributed by atoms with van der Waals surface area (Å²) in [5, 5.41) is 0. The largest absolute Gasteiger partial charge is 0.465 e. The van der Waals surface area contributed by atoms with Crippen molar-refractivity contribution in [1.82, 2.24) is 0 Å². The van der Waals surface area contributed by atoms with Crippen LogP contribution in [0.5, 0.6) is 5.75 Å². The van der Waals surface area contributed by atoms with E-state index < -0.39 is 0 Å². The van der Waals surface area contributed by atoms with Crippen molar-refractivity contribution in [2.45, 2.75) is 25.6 Å². The number of ether oxygens (including phenoxy) is 2. The van der Waals surface area contributed by atoms with E-state index in [1.165, 1.54) is 17.5 Å². The Balaban J connectivity index is 1.68. The van der Waals surface area contributed by atoms with Crippen molar-refractivity contribution in [1.29, 1.82) is 0 Å². The van der Waals surface area contributed by atoms with Gasteiger partial charge < -0.3 is 9.47 Å². The maximum absolute atomic E-state index is 5.82. The maximum atomic E-state index is 5.82. The average Bonchev–Trinajstić information content (AvgIpc) is 2.50. The SMILES string of the molecule is c1ccc(-c2ccc(O[C@@H]3CCCCO3)cc2)cc1. The van der Waals surface area contributed by atoms with E-state index in [-0.39, 0.29) is 6.29 Å². The fraction of sp³-hybridized carbons (Fsp3) is 0.294. The van der Waals surface area contributed by atoms with Crippen LogP contribution in [0.2, 0.25) is 0 Å². The van der Waals surface area contributed by atoms with Crippen LogP contribution in [0.4, 0.5) is 0 Å². The van der Waals surface area contributed by atoms with Crippen molar-refractivity contribution in [3.8, 4) is 16.9 Å². The molecule has 1 aliphatic rings. The summed E-state index contributed by atoms with van der Waals surface area (Å²) in [7, 11) is 0. The normalized spacial score (nSPS) is 19.1. The molecule has 1 fully saturated rings. The Labute approximate surface area is 114 Å². The lowest BCUT2D eigenvalue weighted by Gasteiger charge is -2.23. The highest BCUT2D eigenvalue weighted by molar-refractivity contribution is 5.63. The third-order valence-corrected chi connectivity index (χ3v) is 3.37. The van der Waals surface area contributed by atoms with Crippen LogP contribution in [0.1, 0.15) is 19.3 Å². The molecule has 0 bridgehead atoms. The highest BCUT2D eigenvalue weighted by atomic mass is 16.7. The summed E-state index contributed by atoms with van der Waals surface area (Å²) in [4.78, 5) is 0. The van der Waals surface area contributed by atoms with Crippen molar-refractivity contribution in [3.63, 3.8) is 0 Å². The lowest BCUT2D eigenvalue weighted by molar-refractivity contribution is -0.105. The maximum Gasteiger partial charge on any atom is 0.199 e. The molecule has 1 atom stereocenters. The third-order valence-electron chi connectivity index (χ3n) is 3.37. The minimum atomic E-state index is -0.0728. The molecule has 1 aliphatic heterocycles. The summed E-state index contributed by atoms with van der Waals surface area (Å²) in [5.74, 6) is 0.881. The first-order valence-corrected chi connectivity index (χ1v) is 6.85. The predicted molar refractivity (Wildman–Crippen MR) is 76.1 cm³/mol. The lowest BCUT2D eigenvalue weighted by Crippen LogP contribution is -2.24. The van der Waals surface area contributed by atoms with E-state index in [9.17, 15) is 0 Å². The van der Waals surface area contributed by atoms with Crippen LogP contribution in [0.15, 0.2) is 54.6 Å². The molecule has 0 N–H and O–H groups in total. The third kappa shape index (κ3) is 3.15. The van der Waals surface area contributed by atoms with E-state index >= 15 is 0 Å². The van der Waals surface area contributed by atoms with E-state index in [1.54, 1.807) is 0 Å². The molecule has 98 valence electrons. The quantitative estimate of drug-likeness (QED) is 0.814. The van der Waals surface area contributed by atoms with Crippen molar-refractivity contribution in [2.75, 3.05) is 6.61 Å². The molecule has 0 saturated carbocycles. The molecule has 2 nitrogen and oxygen atoms in total. The van der Waals surface area contributed by atoms with E-state index in [2.05, 4.69) is 36.4 Å². The van der Waals surface area contributed by atoms with Gasteiger partial charge in [0.15, 0.2) is 6.29 Å². The second-order valence-electron chi connectivity index (χ2n) is 4.80. The van der Waals surface area contributed by atoms with Crippen molar-refractivity contribution < 1.29 is 9.47 Å². The summed E-state index contributed by atoms with van der Waals surface area (Å²) < 4.78 is 11.4. The van der Waals surface area contributed by atoms with Crippen LogP contribution < -0.4 is 4.74 Å². The first-order chi connectivity index (χ1) is 9.42. The highest BCUT2D eigenvalue weighted by Crippen LogP contribution is 2.24. The number of benzene rings is 2. The molecule has 0 aromatic heterocycles. The molecule has 1 saturated heterocycles. The number of rotatable bonds is 3. The van der Waals surface area contributed by atoms with Gasteiger partial charge in [-0.15, -0.1) is 0 Å². The first-order valence-electron chi connectivity index (χ1n) is 6.85. The fourth-order valence-corrected chi connectivity index (χ4v) is 2.31. The molecule has 0 amide bonds. The van der Waals surface area contributed by atoms with Gasteiger partial charge in [-0.3, -0.25) is 0 Å². The van der Waals surface area contributed by atoms with Gasteiger partial charge in [0.1, 0.15) is 5.75 Å². The Morgan fingerprint density at radius 2 is 1.58 bits per heavy atom. The van der Waals surface area contributed by atoms with Crippen LogP contribution in [0.25, 0.3) is 11.1 Å². The molecule has 19 heavy (non-hydrogen) atoms. The van der Waals surface area contributed by atoms with Gasteiger partial charge in [-0.1, -0.05) is 42.5 Å². The van der Waals surface area contributed by atoms with Gasteiger partial charge in [0, 0.05) is 6.42 Å². The molecule has 3 rings (SSSR count). The second-order valence-corrected chi connectivity index (χ2v) is 4.80. The van der Waals surface area contributed by atoms with Crippen LogP contribution in [0.3, 0.4) is 0 Å². The monoisotopic (exact) mass is 254 g/mol. The lowest BCUT2D eigenvalue weighted by atomic mass is 10.1. The van der Waals surface area contributed by atoms with Crippen LogP contribution in [0, 0.1) is 0 Å². The summed E-state index contributed by atoms with van der Waals surface area (Å²) in [6.45, 7) is 0.812. The van der Waals surface area contributed by atoms with E-state index in [4.69, 9.17) is 9.47 Å². The molecule has 2 heteroatoms. The minimum absolute atomic E-state index is 0.0728. The van der Waals surface area contributed by atoms with Crippen molar-refractivity contribution in [3.05, 3.63) is 54.6 Å². The van der Waals surface area contributed by atoms with Gasteiger partial charge in [0.25, 0.3) is 0 Å². The molecule has 2 aromatic carbocycles. The fourth-order valence-electron chi connectivity index (χ4n) is 2.31. The van der Waals surface area contributed by atoms with Gasteiger partial charge in [0.05, 0.1) is 6.61 Å². The predicted octanol–water partition coefficient (Wildman–Crippen LogP) is 4.26. The summed E-state index contributed by atoms with van der Waals surface area (Å²) in [5.41, 5.74) is 2.43. The number of hydrogen-bond donors (Lipinski definition) is 0. The Hall–Kier alpha value is -1.80. The Kier molecular flexibility index (Phi) is 3.80. The highest BCUT2D eigenvalue weighted by Gasteiger charge is 2.14. The smallest absolute Gasteiger partial charge is 0.199 e. The zero-order valence-electron chi connectivity index (χ0n) is 10.9. The topological polar surface area (TPSA) is 18.5 Å². The molecule has 1 heterocycles. The van der Waals surface area contributed by atoms with E-state index in [1.807, 2.05) is 18.2 Å². The minimum Gasteiger partial charge on any atom is -0.465 e. The summed E-state index contributed by atoms with van der Waals surface area (Å²) in [6.07, 6.45) is 3.25. The van der Waals surface area contributed by atoms with Gasteiger partial charge in [0.2, 0.25) is 0 Å². The van der Waals surface area contributed by atoms with Gasteiger partial charge in [-0.05, 0) is 36.1 Å². The summed E-state index contributed by atoms with van der Waals surface area (Å²) >= 11 is 0. The summed E-state index contributed by atoms with van der Waals surface area (Å²) in [6, 6.07) is 18.6. The Morgan fingerprint density at radius 3 is 2.26 bits per heavy atom. The van der Waals surface area contributed by atoms with Crippen LogP contribution >= 0.6 is 0 Å². The molecule has 0 aliphatic carbocycles. The van der Waals surface area contributed by atoms with Gasteiger partial charge in [-0.25, -0.2) is 0 Å². The molecular formula is C17H18O2. The van der Waals surface area contributed by atoms with Crippen LogP contribution in [-0.4, -0.2) is 12.9 Å². The number of hydrogen-bond acceptors (Lipinski definition) is 2. The first kappa shape index (κ1) is 12.2. The van der Waals surface area contributed by atoms with E-state index in [0.29, 0.717) is 0 Å². The average molecular weight is 254 g/mol. The molecule has 0 unspecified atom stereocenters. The standard InChI is InChI=1S/C17H18O2/c1-2-6-14(7-3-1)15-9-11-16(12-10-15)19-17-8-4-5-13-18-17/h1-3,6-7,9-12,17H,4-5,8,13H2/t17-/m1/s1. The zero-order valence-corrected chi connectivity index (χ0v) is 10.9. The molecular weight excluding hydrogens is 236 g/mol. The molecule has 0 radical (unpaired) electrons. The molecule has 2 aromatic rings. The van der Waals surface area contributed by atoms with Crippen molar-refractivity contribution in [2.24, 2.45) is 0 Å². The van der Waals surface area contributed by atoms with Gasteiger partial charge in [-0.2, -0.15) is 0 Å². The van der Waals surface area contributed by atoms with Crippen molar-refractivity contribution >= 4 is 0 Å². The molecule has 0 spiro atoms. The Morgan fingerprint density at radius 1 is 0.842 bits per heavy atom. The van der Waals surface area contributed by atoms with Gasteiger partial charge >= 0.3 is 0 Å². The second kappa shape index (κ2) is 5.89.